The Hall–Kier alpha value is -0.610. The van der Waals surface area contributed by atoms with E-state index in [1.54, 1.807) is 0 Å². The molecule has 0 spiro atoms. The molecule has 0 unspecified atom stereocenters. The minimum Gasteiger partial charge on any atom is -0.378 e. The third-order valence-electron chi connectivity index (χ3n) is 3.43. The van der Waals surface area contributed by atoms with Crippen LogP contribution in [0.1, 0.15) is 32.1 Å². The van der Waals surface area contributed by atoms with Crippen LogP contribution < -0.4 is 10.6 Å². The van der Waals surface area contributed by atoms with Crippen molar-refractivity contribution in [1.82, 2.24) is 10.6 Å². The van der Waals surface area contributed by atoms with Crippen LogP contribution >= 0.6 is 0 Å². The minimum absolute atomic E-state index is 0.194. The lowest BCUT2D eigenvalue weighted by Crippen LogP contribution is -2.50. The fraction of sp³-hybridized carbons (Fsp3) is 0.917. The van der Waals surface area contributed by atoms with Crippen LogP contribution in [0.4, 0.5) is 0 Å². The van der Waals surface area contributed by atoms with E-state index < -0.39 is 0 Å². The van der Waals surface area contributed by atoms with Gasteiger partial charge < -0.3 is 15.4 Å². The van der Waals surface area contributed by atoms with Gasteiger partial charge in [0.1, 0.15) is 0 Å². The van der Waals surface area contributed by atoms with E-state index in [9.17, 15) is 4.79 Å². The zero-order valence-electron chi connectivity index (χ0n) is 9.84. The van der Waals surface area contributed by atoms with Gasteiger partial charge in [-0.25, -0.2) is 0 Å². The molecule has 2 rings (SSSR count). The highest BCUT2D eigenvalue weighted by Crippen LogP contribution is 2.20. The van der Waals surface area contributed by atoms with Crippen molar-refractivity contribution in [2.75, 3.05) is 26.2 Å². The van der Waals surface area contributed by atoms with E-state index in [0.717, 1.165) is 32.7 Å². The third-order valence-corrected chi connectivity index (χ3v) is 3.43. The fourth-order valence-electron chi connectivity index (χ4n) is 2.21. The van der Waals surface area contributed by atoms with Gasteiger partial charge in [-0.3, -0.25) is 4.79 Å². The monoisotopic (exact) mass is 226 g/mol. The molecule has 1 saturated heterocycles. The van der Waals surface area contributed by atoms with E-state index in [1.165, 1.54) is 25.7 Å². The Balaban J connectivity index is 1.43. The second-order valence-corrected chi connectivity index (χ2v) is 4.78. The van der Waals surface area contributed by atoms with Gasteiger partial charge in [0.05, 0.1) is 12.0 Å². The van der Waals surface area contributed by atoms with Crippen molar-refractivity contribution < 1.29 is 9.53 Å². The summed E-state index contributed by atoms with van der Waals surface area (Å²) >= 11 is 0. The summed E-state index contributed by atoms with van der Waals surface area (Å²) < 4.78 is 5.72. The zero-order chi connectivity index (χ0) is 11.2. The second kappa shape index (κ2) is 6.21. The average molecular weight is 226 g/mol. The van der Waals surface area contributed by atoms with Gasteiger partial charge in [-0.2, -0.15) is 0 Å². The molecular weight excluding hydrogens is 204 g/mol. The molecule has 4 nitrogen and oxygen atoms in total. The summed E-state index contributed by atoms with van der Waals surface area (Å²) in [7, 11) is 0. The van der Waals surface area contributed by atoms with Gasteiger partial charge in [-0.1, -0.05) is 12.8 Å². The van der Waals surface area contributed by atoms with Gasteiger partial charge in [-0.05, 0) is 19.3 Å². The molecule has 1 heterocycles. The smallest absolute Gasteiger partial charge is 0.225 e. The van der Waals surface area contributed by atoms with Crippen LogP contribution in [0.5, 0.6) is 0 Å². The standard InChI is InChI=1S/C12H22N2O2/c15-12(10-8-13-9-10)14-6-3-7-16-11-4-1-2-5-11/h10-11,13H,1-9H2,(H,14,15). The predicted octanol–water partition coefficient (Wildman–Crippen LogP) is 0.671. The van der Waals surface area contributed by atoms with Crippen molar-refractivity contribution >= 4 is 5.91 Å². The lowest BCUT2D eigenvalue weighted by Gasteiger charge is -2.25. The van der Waals surface area contributed by atoms with Gasteiger partial charge in [0.15, 0.2) is 0 Å². The number of nitrogens with one attached hydrogen (secondary N) is 2. The summed E-state index contributed by atoms with van der Waals surface area (Å²) in [5, 5.41) is 6.05. The molecule has 0 aromatic rings. The first-order valence-electron chi connectivity index (χ1n) is 6.46. The Morgan fingerprint density at radius 1 is 1.31 bits per heavy atom. The predicted molar refractivity (Wildman–Crippen MR) is 62.2 cm³/mol. The lowest BCUT2D eigenvalue weighted by atomic mass is 10.0. The molecule has 1 amide bonds. The Bertz CT molecular complexity index is 223. The summed E-state index contributed by atoms with van der Waals surface area (Å²) in [6.07, 6.45) is 6.50. The Labute approximate surface area is 97.1 Å². The Kier molecular flexibility index (Phi) is 4.60. The average Bonchev–Trinajstić information content (AvgIpc) is 2.67. The summed E-state index contributed by atoms with van der Waals surface area (Å²) in [6.45, 7) is 3.21. The number of carbonyl (C=O) groups is 1. The number of hydrogen-bond donors (Lipinski definition) is 2. The molecule has 0 aromatic carbocycles. The van der Waals surface area contributed by atoms with Crippen molar-refractivity contribution in [3.63, 3.8) is 0 Å². The maximum atomic E-state index is 11.5. The van der Waals surface area contributed by atoms with Crippen LogP contribution in [0.25, 0.3) is 0 Å². The Morgan fingerprint density at radius 2 is 2.06 bits per heavy atom. The van der Waals surface area contributed by atoms with Crippen LogP contribution in [-0.4, -0.2) is 38.3 Å². The first-order chi connectivity index (χ1) is 7.86. The molecule has 92 valence electrons. The molecule has 2 aliphatic rings. The minimum atomic E-state index is 0.194. The quantitative estimate of drug-likeness (QED) is 0.655. The molecule has 0 radical (unpaired) electrons. The number of amides is 1. The van der Waals surface area contributed by atoms with E-state index in [-0.39, 0.29) is 11.8 Å². The maximum absolute atomic E-state index is 11.5. The van der Waals surface area contributed by atoms with E-state index >= 15 is 0 Å². The topological polar surface area (TPSA) is 50.4 Å². The third kappa shape index (κ3) is 3.46. The largest absolute Gasteiger partial charge is 0.378 e. The lowest BCUT2D eigenvalue weighted by molar-refractivity contribution is -0.126. The van der Waals surface area contributed by atoms with Crippen LogP contribution in [-0.2, 0) is 9.53 Å². The highest BCUT2D eigenvalue weighted by molar-refractivity contribution is 5.79. The van der Waals surface area contributed by atoms with Crippen molar-refractivity contribution in [2.24, 2.45) is 5.92 Å². The van der Waals surface area contributed by atoms with E-state index in [0.29, 0.717) is 6.10 Å². The summed E-state index contributed by atoms with van der Waals surface area (Å²) in [6, 6.07) is 0. The molecule has 4 heteroatoms. The van der Waals surface area contributed by atoms with Crippen molar-refractivity contribution in [1.29, 1.82) is 0 Å². The molecule has 1 saturated carbocycles. The van der Waals surface area contributed by atoms with Gasteiger partial charge in [0, 0.05) is 26.2 Å². The first kappa shape index (κ1) is 11.9. The molecular formula is C12H22N2O2. The van der Waals surface area contributed by atoms with Crippen LogP contribution in [0.15, 0.2) is 0 Å². The number of rotatable bonds is 6. The fourth-order valence-corrected chi connectivity index (χ4v) is 2.21. The van der Waals surface area contributed by atoms with Crippen molar-refractivity contribution in [2.45, 2.75) is 38.2 Å². The second-order valence-electron chi connectivity index (χ2n) is 4.78. The summed E-state index contributed by atoms with van der Waals surface area (Å²) in [5.41, 5.74) is 0. The molecule has 2 fully saturated rings. The van der Waals surface area contributed by atoms with Gasteiger partial charge in [0.25, 0.3) is 0 Å². The van der Waals surface area contributed by atoms with E-state index in [1.807, 2.05) is 0 Å². The number of ether oxygens (including phenoxy) is 1. The zero-order valence-corrected chi connectivity index (χ0v) is 9.84. The van der Waals surface area contributed by atoms with Crippen molar-refractivity contribution in [3.8, 4) is 0 Å². The van der Waals surface area contributed by atoms with Gasteiger partial charge in [-0.15, -0.1) is 0 Å². The number of hydrogen-bond acceptors (Lipinski definition) is 3. The molecule has 2 N–H and O–H groups in total. The molecule has 0 bridgehead atoms. The van der Waals surface area contributed by atoms with Crippen molar-refractivity contribution in [3.05, 3.63) is 0 Å². The molecule has 16 heavy (non-hydrogen) atoms. The maximum Gasteiger partial charge on any atom is 0.225 e. The Morgan fingerprint density at radius 3 is 2.69 bits per heavy atom. The number of carbonyl (C=O) groups excluding carboxylic acids is 1. The van der Waals surface area contributed by atoms with Crippen LogP contribution in [0.3, 0.4) is 0 Å². The molecule has 1 aliphatic carbocycles. The molecule has 0 atom stereocenters. The normalized spacial score (nSPS) is 22.0. The highest BCUT2D eigenvalue weighted by atomic mass is 16.5. The highest BCUT2D eigenvalue weighted by Gasteiger charge is 2.24. The SMILES string of the molecule is O=C(NCCCOC1CCCC1)C1CNC1. The summed E-state index contributed by atoms with van der Waals surface area (Å²) in [4.78, 5) is 11.5. The van der Waals surface area contributed by atoms with Gasteiger partial charge >= 0.3 is 0 Å². The first-order valence-corrected chi connectivity index (χ1v) is 6.46. The summed E-state index contributed by atoms with van der Waals surface area (Å²) in [5.74, 6) is 0.398. The van der Waals surface area contributed by atoms with Gasteiger partial charge in [0.2, 0.25) is 5.91 Å². The van der Waals surface area contributed by atoms with E-state index in [2.05, 4.69) is 10.6 Å². The molecule has 0 aromatic heterocycles. The van der Waals surface area contributed by atoms with Crippen LogP contribution in [0.2, 0.25) is 0 Å². The van der Waals surface area contributed by atoms with E-state index in [4.69, 9.17) is 4.74 Å². The molecule has 1 aliphatic heterocycles. The van der Waals surface area contributed by atoms with Crippen LogP contribution in [0, 0.1) is 5.92 Å².